The predicted molar refractivity (Wildman–Crippen MR) is 174 cm³/mol. The van der Waals surface area contributed by atoms with Gasteiger partial charge in [-0.25, -0.2) is 4.79 Å². The maximum atomic E-state index is 14.7. The van der Waals surface area contributed by atoms with E-state index in [2.05, 4.69) is 16.6 Å². The van der Waals surface area contributed by atoms with Crippen LogP contribution < -0.4 is 10.6 Å². The molecular weight excluding hydrogens is 538 g/mol. The Morgan fingerprint density at radius 1 is 0.930 bits per heavy atom. The number of nitrogens with zero attached hydrogens (tertiary/aromatic N) is 1. The molecule has 0 saturated carbocycles. The van der Waals surface area contributed by atoms with Crippen LogP contribution in [-0.4, -0.2) is 40.0 Å². The van der Waals surface area contributed by atoms with E-state index in [4.69, 9.17) is 11.2 Å². The number of hydrogen-bond acceptors (Lipinski definition) is 4. The van der Waals surface area contributed by atoms with Crippen LogP contribution in [0.4, 0.5) is 10.5 Å². The van der Waals surface area contributed by atoms with Crippen LogP contribution >= 0.6 is 0 Å². The number of fused-ring (bicyclic) bond motifs is 1. The maximum Gasteiger partial charge on any atom is 0.408 e. The minimum absolute atomic E-state index is 0.233. The quantitative estimate of drug-likeness (QED) is 0.243. The molecule has 3 amide bonds. The van der Waals surface area contributed by atoms with Crippen LogP contribution in [0.1, 0.15) is 85.4 Å². The Morgan fingerprint density at radius 3 is 2.12 bits per heavy atom. The summed E-state index contributed by atoms with van der Waals surface area (Å²) >= 11 is 0. The summed E-state index contributed by atoms with van der Waals surface area (Å²) in [6, 6.07) is 18.8. The second-order valence-corrected chi connectivity index (χ2v) is 12.6. The van der Waals surface area contributed by atoms with E-state index in [9.17, 15) is 14.4 Å². The third kappa shape index (κ3) is 8.38. The first kappa shape index (κ1) is 33.2. The molecule has 0 aliphatic carbocycles. The van der Waals surface area contributed by atoms with Gasteiger partial charge in [0.2, 0.25) is 5.91 Å². The maximum absolute atomic E-state index is 14.7. The zero-order valence-electron chi connectivity index (χ0n) is 26.7. The minimum Gasteiger partial charge on any atom is -0.444 e. The number of carbonyl (C=O) groups excluding carboxylic acids is 3. The molecule has 3 rings (SSSR count). The largest absolute Gasteiger partial charge is 0.444 e. The van der Waals surface area contributed by atoms with Crippen molar-refractivity contribution in [3.63, 3.8) is 0 Å². The van der Waals surface area contributed by atoms with E-state index in [1.807, 2.05) is 77.1 Å². The molecule has 0 aromatic heterocycles. The highest BCUT2D eigenvalue weighted by Gasteiger charge is 2.44. The van der Waals surface area contributed by atoms with Gasteiger partial charge in [0.25, 0.3) is 5.91 Å². The topological polar surface area (TPSA) is 87.7 Å². The van der Waals surface area contributed by atoms with E-state index in [-0.39, 0.29) is 17.7 Å². The molecule has 0 saturated heterocycles. The molecule has 7 heteroatoms. The molecular formula is C36H45N3O4. The summed E-state index contributed by atoms with van der Waals surface area (Å²) < 4.78 is 5.52. The molecule has 0 aliphatic heterocycles. The molecule has 43 heavy (non-hydrogen) atoms. The highest BCUT2D eigenvalue weighted by Crippen LogP contribution is 2.34. The van der Waals surface area contributed by atoms with Gasteiger partial charge in [-0.1, -0.05) is 75.6 Å². The molecule has 3 atom stereocenters. The van der Waals surface area contributed by atoms with Gasteiger partial charge in [0.1, 0.15) is 17.7 Å². The lowest BCUT2D eigenvalue weighted by molar-refractivity contribution is -0.148. The average molecular weight is 584 g/mol. The van der Waals surface area contributed by atoms with Gasteiger partial charge in [-0.2, -0.15) is 0 Å². The monoisotopic (exact) mass is 583 g/mol. The SMILES string of the molecule is C#Cc1ccc(C(C(=O)Nc2ccc3ccccc3c2)N(C(=O)C(NC(=O)OC(C)(C)C)C(C)CC)C(C)(C)CC)cc1. The summed E-state index contributed by atoms with van der Waals surface area (Å²) in [5.41, 5.74) is 0.369. The minimum atomic E-state index is -1.02. The van der Waals surface area contributed by atoms with E-state index in [1.165, 1.54) is 0 Å². The predicted octanol–water partition coefficient (Wildman–Crippen LogP) is 7.46. The summed E-state index contributed by atoms with van der Waals surface area (Å²) in [6.45, 7) is 15.0. The zero-order valence-corrected chi connectivity index (χ0v) is 26.7. The average Bonchev–Trinajstić information content (AvgIpc) is 2.96. The number of amides is 3. The Morgan fingerprint density at radius 2 is 1.56 bits per heavy atom. The van der Waals surface area contributed by atoms with Gasteiger partial charge in [0.05, 0.1) is 0 Å². The number of alkyl carbamates (subject to hydrolysis) is 1. The first-order chi connectivity index (χ1) is 20.2. The third-order valence-corrected chi connectivity index (χ3v) is 7.82. The molecule has 2 N–H and O–H groups in total. The van der Waals surface area contributed by atoms with Crippen molar-refractivity contribution in [1.29, 1.82) is 0 Å². The van der Waals surface area contributed by atoms with Crippen LogP contribution in [0.15, 0.2) is 66.7 Å². The first-order valence-corrected chi connectivity index (χ1v) is 14.9. The number of ether oxygens (including phenoxy) is 1. The number of rotatable bonds is 10. The van der Waals surface area contributed by atoms with Crippen LogP contribution in [0.3, 0.4) is 0 Å². The molecule has 3 unspecified atom stereocenters. The Kier molecular flexibility index (Phi) is 10.6. The second kappa shape index (κ2) is 13.8. The number of anilines is 1. The molecule has 0 heterocycles. The number of terminal acetylenes is 1. The van der Waals surface area contributed by atoms with Crippen molar-refractivity contribution in [2.75, 3.05) is 5.32 Å². The normalized spacial score (nSPS) is 13.7. The van der Waals surface area contributed by atoms with Gasteiger partial charge in [-0.3, -0.25) is 9.59 Å². The van der Waals surface area contributed by atoms with Crippen LogP contribution in [0.2, 0.25) is 0 Å². The number of benzene rings is 3. The van der Waals surface area contributed by atoms with Crippen LogP contribution in [0.25, 0.3) is 10.8 Å². The van der Waals surface area contributed by atoms with Crippen molar-refractivity contribution in [2.45, 2.75) is 91.5 Å². The van der Waals surface area contributed by atoms with Crippen molar-refractivity contribution >= 4 is 34.4 Å². The van der Waals surface area contributed by atoms with Crippen molar-refractivity contribution in [2.24, 2.45) is 5.92 Å². The van der Waals surface area contributed by atoms with Gasteiger partial charge in [-0.05, 0) is 87.6 Å². The van der Waals surface area contributed by atoms with Crippen LogP contribution in [0.5, 0.6) is 0 Å². The Bertz CT molecular complexity index is 1480. The molecule has 0 bridgehead atoms. The van der Waals surface area contributed by atoms with Gasteiger partial charge in [-0.15, -0.1) is 6.42 Å². The molecule has 0 radical (unpaired) electrons. The molecule has 228 valence electrons. The van der Waals surface area contributed by atoms with Crippen molar-refractivity contribution in [3.8, 4) is 12.3 Å². The van der Waals surface area contributed by atoms with E-state index < -0.39 is 29.3 Å². The van der Waals surface area contributed by atoms with Gasteiger partial charge in [0, 0.05) is 16.8 Å². The van der Waals surface area contributed by atoms with Crippen molar-refractivity contribution in [1.82, 2.24) is 10.2 Å². The van der Waals surface area contributed by atoms with Crippen LogP contribution in [0, 0.1) is 18.3 Å². The van der Waals surface area contributed by atoms with E-state index >= 15 is 0 Å². The lowest BCUT2D eigenvalue weighted by Gasteiger charge is -2.45. The summed E-state index contributed by atoms with van der Waals surface area (Å²) in [6.07, 6.45) is 6.11. The van der Waals surface area contributed by atoms with Gasteiger partial charge >= 0.3 is 6.09 Å². The first-order valence-electron chi connectivity index (χ1n) is 14.9. The fourth-order valence-electron chi connectivity index (χ4n) is 4.87. The second-order valence-electron chi connectivity index (χ2n) is 12.6. The van der Waals surface area contributed by atoms with E-state index in [0.717, 1.165) is 10.8 Å². The molecule has 3 aromatic rings. The molecule has 0 spiro atoms. The Hall–Kier alpha value is -4.31. The van der Waals surface area contributed by atoms with Gasteiger partial charge in [0.15, 0.2) is 0 Å². The smallest absolute Gasteiger partial charge is 0.408 e. The summed E-state index contributed by atoms with van der Waals surface area (Å²) in [5, 5.41) is 7.92. The summed E-state index contributed by atoms with van der Waals surface area (Å²) in [5.74, 6) is 1.63. The number of hydrogen-bond donors (Lipinski definition) is 2. The standard InChI is InChI=1S/C36H45N3O4/c1-10-24(4)30(38-34(42)43-35(5,6)7)33(41)39(36(8,9)12-3)31(27-19-17-25(11-2)18-20-27)32(40)37-29-22-21-26-15-13-14-16-28(26)23-29/h2,13-24,30-31H,10,12H2,1,3-9H3,(H,37,40)(H,38,42). The number of carbonyl (C=O) groups is 3. The Balaban J connectivity index is 2.13. The fourth-order valence-corrected chi connectivity index (χ4v) is 4.87. The molecule has 0 aliphatic rings. The van der Waals surface area contributed by atoms with E-state index in [1.54, 1.807) is 49.9 Å². The lowest BCUT2D eigenvalue weighted by Crippen LogP contribution is -2.60. The zero-order chi connectivity index (χ0) is 31.9. The molecule has 3 aromatic carbocycles. The van der Waals surface area contributed by atoms with Crippen LogP contribution in [-0.2, 0) is 14.3 Å². The highest BCUT2D eigenvalue weighted by atomic mass is 16.6. The third-order valence-electron chi connectivity index (χ3n) is 7.82. The summed E-state index contributed by atoms with van der Waals surface area (Å²) in [7, 11) is 0. The van der Waals surface area contributed by atoms with E-state index in [0.29, 0.717) is 29.7 Å². The van der Waals surface area contributed by atoms with Crippen molar-refractivity contribution in [3.05, 3.63) is 77.9 Å². The molecule has 0 fully saturated rings. The van der Waals surface area contributed by atoms with Gasteiger partial charge < -0.3 is 20.3 Å². The fraction of sp³-hybridized carbons (Fsp3) is 0.417. The highest BCUT2D eigenvalue weighted by molar-refractivity contribution is 6.00. The number of nitrogens with one attached hydrogen (secondary N) is 2. The lowest BCUT2D eigenvalue weighted by atomic mass is 9.89. The van der Waals surface area contributed by atoms with Crippen molar-refractivity contribution < 1.29 is 19.1 Å². The Labute approximate surface area is 256 Å². The summed E-state index contributed by atoms with van der Waals surface area (Å²) in [4.78, 5) is 43.5. The molecule has 7 nitrogen and oxygen atoms in total.